The van der Waals surface area contributed by atoms with Gasteiger partial charge in [-0.15, -0.1) is 0 Å². The summed E-state index contributed by atoms with van der Waals surface area (Å²) < 4.78 is 0. The summed E-state index contributed by atoms with van der Waals surface area (Å²) >= 11 is 0. The summed E-state index contributed by atoms with van der Waals surface area (Å²) in [4.78, 5) is 49.8. The number of carboxylic acids is 1. The van der Waals surface area contributed by atoms with Crippen LogP contribution in [0.4, 0.5) is 0 Å². The van der Waals surface area contributed by atoms with Crippen LogP contribution in [0.25, 0.3) is 0 Å². The van der Waals surface area contributed by atoms with E-state index in [1.54, 1.807) is 0 Å². The Labute approximate surface area is 212 Å². The third-order valence-corrected chi connectivity index (χ3v) is 5.31. The summed E-state index contributed by atoms with van der Waals surface area (Å²) in [6.07, 6.45) is 0.987. The molecule has 0 aromatic carbocycles. The van der Waals surface area contributed by atoms with E-state index in [0.29, 0.717) is 25.8 Å². The highest BCUT2D eigenvalue weighted by Crippen LogP contribution is 2.08. The van der Waals surface area contributed by atoms with E-state index in [1.165, 1.54) is 6.92 Å². The number of hydrogen-bond donors (Lipinski definition) is 10. The molecule has 0 saturated carbocycles. The van der Waals surface area contributed by atoms with E-state index in [2.05, 4.69) is 21.3 Å². The van der Waals surface area contributed by atoms with E-state index < -0.39 is 54.0 Å². The van der Waals surface area contributed by atoms with E-state index in [0.717, 1.165) is 0 Å². The molecule has 5 atom stereocenters. The summed E-state index contributed by atoms with van der Waals surface area (Å²) in [5.41, 5.74) is 16.5. The zero-order chi connectivity index (χ0) is 27.8. The number of unbranched alkanes of at least 4 members (excludes halogenated alkanes) is 1. The molecule has 0 unspecified atom stereocenters. The van der Waals surface area contributed by atoms with Crippen molar-refractivity contribution in [1.82, 2.24) is 21.3 Å². The van der Waals surface area contributed by atoms with E-state index in [4.69, 9.17) is 22.6 Å². The molecule has 0 spiro atoms. The second-order valence-corrected chi connectivity index (χ2v) is 9.19. The highest BCUT2D eigenvalue weighted by molar-refractivity contribution is 5.94. The first-order chi connectivity index (χ1) is 16.8. The molecule has 13 N–H and O–H groups in total. The molecule has 36 heavy (non-hydrogen) atoms. The number of hydrogen-bond acceptors (Lipinski definition) is 8. The van der Waals surface area contributed by atoms with Crippen molar-refractivity contribution < 1.29 is 29.4 Å². The Morgan fingerprint density at radius 3 is 2.00 bits per heavy atom. The fourth-order valence-corrected chi connectivity index (χ4v) is 3.33. The highest BCUT2D eigenvalue weighted by atomic mass is 16.4. The van der Waals surface area contributed by atoms with Gasteiger partial charge in [0, 0.05) is 6.54 Å². The van der Waals surface area contributed by atoms with Crippen molar-refractivity contribution in [2.75, 3.05) is 13.1 Å². The van der Waals surface area contributed by atoms with Gasteiger partial charge in [-0.1, -0.05) is 20.3 Å². The standard InChI is InChI=1S/C22H44N8O6/c1-12(2)11-16(29-18(32)14(24)7-4-5-9-23)19(33)30-17(13(3)31)20(34)28-15(21(35)36)8-6-10-27-22(25)26/h12-17,31H,4-11,23-24H2,1-3H3,(H,28,34)(H,29,32)(H,30,33)(H,35,36)(H4,25,26,27)/t13-,14+,15+,16+,17+/m1/s1. The number of aliphatic hydroxyl groups is 1. The lowest BCUT2D eigenvalue weighted by molar-refractivity contribution is -0.143. The maximum atomic E-state index is 13.0. The van der Waals surface area contributed by atoms with Crippen molar-refractivity contribution in [3.05, 3.63) is 0 Å². The van der Waals surface area contributed by atoms with Crippen LogP contribution in [0.1, 0.15) is 59.3 Å². The molecule has 0 aromatic rings. The lowest BCUT2D eigenvalue weighted by Gasteiger charge is -2.27. The summed E-state index contributed by atoms with van der Waals surface area (Å²) in [5.74, 6) is -3.66. The first kappa shape index (κ1) is 33.0. The van der Waals surface area contributed by atoms with Crippen molar-refractivity contribution in [3.8, 4) is 0 Å². The Hall–Kier alpha value is -2.97. The van der Waals surface area contributed by atoms with Gasteiger partial charge in [-0.3, -0.25) is 19.8 Å². The summed E-state index contributed by atoms with van der Waals surface area (Å²) in [5, 5.41) is 36.5. The van der Waals surface area contributed by atoms with E-state index in [9.17, 15) is 29.4 Å². The van der Waals surface area contributed by atoms with Gasteiger partial charge in [0.05, 0.1) is 12.1 Å². The molecule has 0 saturated heterocycles. The number of carbonyl (C=O) groups is 4. The molecule has 0 fully saturated rings. The Kier molecular flexibility index (Phi) is 16.0. The van der Waals surface area contributed by atoms with Crippen LogP contribution in [-0.2, 0) is 19.2 Å². The first-order valence-electron chi connectivity index (χ1n) is 12.2. The second kappa shape index (κ2) is 17.5. The molecule has 14 heteroatoms. The van der Waals surface area contributed by atoms with Gasteiger partial charge in [0.25, 0.3) is 0 Å². The van der Waals surface area contributed by atoms with Crippen LogP contribution in [0, 0.1) is 11.3 Å². The van der Waals surface area contributed by atoms with Gasteiger partial charge in [-0.2, -0.15) is 0 Å². The molecule has 0 aliphatic carbocycles. The average molecular weight is 517 g/mol. The summed E-state index contributed by atoms with van der Waals surface area (Å²) in [7, 11) is 0. The lowest BCUT2D eigenvalue weighted by atomic mass is 10.0. The van der Waals surface area contributed by atoms with Gasteiger partial charge in [0.2, 0.25) is 17.7 Å². The van der Waals surface area contributed by atoms with Crippen molar-refractivity contribution in [2.45, 2.75) is 89.6 Å². The SMILES string of the molecule is CC(C)C[C@H](NC(=O)[C@@H](N)CCCCN)C(=O)N[C@H](C(=O)N[C@@H](CCCNC(=N)N)C(=O)O)[C@@H](C)O. The normalized spacial score (nSPS) is 15.2. The molecule has 0 aliphatic heterocycles. The number of aliphatic hydroxyl groups excluding tert-OH is 1. The number of nitrogens with one attached hydrogen (secondary N) is 5. The fourth-order valence-electron chi connectivity index (χ4n) is 3.33. The second-order valence-electron chi connectivity index (χ2n) is 9.19. The predicted octanol–water partition coefficient (Wildman–Crippen LogP) is -2.33. The lowest BCUT2D eigenvalue weighted by Crippen LogP contribution is -2.60. The van der Waals surface area contributed by atoms with Crippen LogP contribution in [0.3, 0.4) is 0 Å². The third kappa shape index (κ3) is 13.8. The number of guanidine groups is 1. The average Bonchev–Trinajstić information content (AvgIpc) is 2.77. The Balaban J connectivity index is 5.28. The van der Waals surface area contributed by atoms with Crippen LogP contribution < -0.4 is 38.5 Å². The monoisotopic (exact) mass is 516 g/mol. The number of carboxylic acid groups (broad SMARTS) is 1. The first-order valence-corrected chi connectivity index (χ1v) is 12.2. The molecule has 14 nitrogen and oxygen atoms in total. The molecule has 0 radical (unpaired) electrons. The number of amides is 3. The molecule has 0 bridgehead atoms. The van der Waals surface area contributed by atoms with Crippen LogP contribution >= 0.6 is 0 Å². The van der Waals surface area contributed by atoms with Crippen molar-refractivity contribution >= 4 is 29.7 Å². The van der Waals surface area contributed by atoms with Crippen molar-refractivity contribution in [2.24, 2.45) is 23.1 Å². The van der Waals surface area contributed by atoms with Crippen LogP contribution in [0.5, 0.6) is 0 Å². The molecular weight excluding hydrogens is 472 g/mol. The number of aliphatic carboxylic acids is 1. The number of rotatable bonds is 18. The summed E-state index contributed by atoms with van der Waals surface area (Å²) in [6.45, 7) is 5.69. The zero-order valence-electron chi connectivity index (χ0n) is 21.4. The van der Waals surface area contributed by atoms with Gasteiger partial charge in [-0.05, 0) is 51.5 Å². The van der Waals surface area contributed by atoms with E-state index >= 15 is 0 Å². The smallest absolute Gasteiger partial charge is 0.326 e. The molecule has 0 rings (SSSR count). The summed E-state index contributed by atoms with van der Waals surface area (Å²) in [6, 6.07) is -4.59. The Morgan fingerprint density at radius 1 is 0.889 bits per heavy atom. The molecule has 208 valence electrons. The number of nitrogens with two attached hydrogens (primary N) is 3. The minimum Gasteiger partial charge on any atom is -0.480 e. The van der Waals surface area contributed by atoms with Gasteiger partial charge in [-0.25, -0.2) is 4.79 Å². The number of carbonyl (C=O) groups excluding carboxylic acids is 3. The Bertz CT molecular complexity index is 733. The van der Waals surface area contributed by atoms with Gasteiger partial charge < -0.3 is 48.7 Å². The van der Waals surface area contributed by atoms with Crippen LogP contribution in [0.15, 0.2) is 0 Å². The van der Waals surface area contributed by atoms with Crippen molar-refractivity contribution in [1.29, 1.82) is 5.41 Å². The van der Waals surface area contributed by atoms with Crippen LogP contribution in [-0.4, -0.2) is 83.2 Å². The zero-order valence-corrected chi connectivity index (χ0v) is 21.4. The third-order valence-electron chi connectivity index (χ3n) is 5.31. The minimum absolute atomic E-state index is 0.00773. The maximum absolute atomic E-state index is 13.0. The highest BCUT2D eigenvalue weighted by Gasteiger charge is 2.32. The van der Waals surface area contributed by atoms with Gasteiger partial charge in [0.15, 0.2) is 5.96 Å². The molecular formula is C22H44N8O6. The van der Waals surface area contributed by atoms with E-state index in [-0.39, 0.29) is 37.7 Å². The molecule has 0 aromatic heterocycles. The van der Waals surface area contributed by atoms with Gasteiger partial charge >= 0.3 is 5.97 Å². The van der Waals surface area contributed by atoms with Crippen LogP contribution in [0.2, 0.25) is 0 Å². The molecule has 3 amide bonds. The molecule has 0 heterocycles. The quantitative estimate of drug-likeness (QED) is 0.0527. The van der Waals surface area contributed by atoms with Crippen molar-refractivity contribution in [3.63, 3.8) is 0 Å². The largest absolute Gasteiger partial charge is 0.480 e. The Morgan fingerprint density at radius 2 is 1.50 bits per heavy atom. The topological polar surface area (TPSA) is 259 Å². The fraction of sp³-hybridized carbons (Fsp3) is 0.773. The molecule has 0 aliphatic rings. The minimum atomic E-state index is -1.46. The van der Waals surface area contributed by atoms with Gasteiger partial charge in [0.1, 0.15) is 18.1 Å². The maximum Gasteiger partial charge on any atom is 0.326 e. The predicted molar refractivity (Wildman–Crippen MR) is 135 cm³/mol. The van der Waals surface area contributed by atoms with E-state index in [1.807, 2.05) is 13.8 Å².